The average Bonchev–Trinajstić information content (AvgIpc) is 2.41. The minimum Gasteiger partial charge on any atom is -0.308 e. The van der Waals surface area contributed by atoms with Crippen LogP contribution in [-0.4, -0.2) is 11.3 Å². The van der Waals surface area contributed by atoms with E-state index in [0.29, 0.717) is 10.3 Å². The first-order valence-electron chi connectivity index (χ1n) is 7.46. The third-order valence-electron chi connectivity index (χ3n) is 3.05. The number of carbonyl (C=O) groups is 1. The van der Waals surface area contributed by atoms with Gasteiger partial charge in [-0.1, -0.05) is 37.6 Å². The number of urea groups is 1. The number of amides is 2. The Kier molecular flexibility index (Phi) is 5.97. The maximum absolute atomic E-state index is 12.3. The van der Waals surface area contributed by atoms with Gasteiger partial charge in [0.25, 0.3) is 0 Å². The van der Waals surface area contributed by atoms with E-state index in [0.717, 1.165) is 27.4 Å². The Morgan fingerprint density at radius 3 is 2.35 bits per heavy atom. The number of anilines is 2. The van der Waals surface area contributed by atoms with Crippen molar-refractivity contribution in [2.45, 2.75) is 37.8 Å². The molecular formula is C18H21ClN2OS. The van der Waals surface area contributed by atoms with Crippen LogP contribution in [0.15, 0.2) is 41.3 Å². The molecule has 0 unspecified atom stereocenters. The number of aryl methyl sites for hydroxylation is 2. The first-order chi connectivity index (χ1) is 10.8. The molecule has 0 radical (unpaired) electrons. The summed E-state index contributed by atoms with van der Waals surface area (Å²) >= 11 is 7.90. The van der Waals surface area contributed by atoms with Crippen molar-refractivity contribution in [3.63, 3.8) is 0 Å². The molecule has 0 saturated carbocycles. The number of carbonyl (C=O) groups excluding carboxylic acids is 1. The molecule has 0 heterocycles. The van der Waals surface area contributed by atoms with Gasteiger partial charge in [0, 0.05) is 15.8 Å². The van der Waals surface area contributed by atoms with Gasteiger partial charge in [-0.05, 0) is 49.2 Å². The minimum absolute atomic E-state index is 0.275. The molecule has 0 bridgehead atoms. The number of hydrogen-bond donors (Lipinski definition) is 2. The Balaban J connectivity index is 2.15. The molecule has 0 aliphatic rings. The van der Waals surface area contributed by atoms with Gasteiger partial charge < -0.3 is 10.6 Å². The van der Waals surface area contributed by atoms with E-state index in [4.69, 9.17) is 11.6 Å². The van der Waals surface area contributed by atoms with E-state index >= 15 is 0 Å². The minimum atomic E-state index is -0.275. The highest BCUT2D eigenvalue weighted by Gasteiger charge is 2.12. The third kappa shape index (κ3) is 5.19. The summed E-state index contributed by atoms with van der Waals surface area (Å²) < 4.78 is 0. The summed E-state index contributed by atoms with van der Waals surface area (Å²) in [6.07, 6.45) is 0. The van der Waals surface area contributed by atoms with E-state index < -0.39 is 0 Å². The van der Waals surface area contributed by atoms with E-state index in [2.05, 4.69) is 30.5 Å². The summed E-state index contributed by atoms with van der Waals surface area (Å²) in [6.45, 7) is 8.19. The number of rotatable bonds is 4. The fourth-order valence-corrected chi connectivity index (χ4v) is 3.50. The van der Waals surface area contributed by atoms with Crippen molar-refractivity contribution in [3.05, 3.63) is 52.5 Å². The quantitative estimate of drug-likeness (QED) is 0.655. The van der Waals surface area contributed by atoms with Gasteiger partial charge >= 0.3 is 6.03 Å². The summed E-state index contributed by atoms with van der Waals surface area (Å²) in [5.74, 6) is 0. The second kappa shape index (κ2) is 7.75. The van der Waals surface area contributed by atoms with Crippen LogP contribution in [0.5, 0.6) is 0 Å². The first-order valence-corrected chi connectivity index (χ1v) is 8.72. The fourth-order valence-electron chi connectivity index (χ4n) is 2.29. The lowest BCUT2D eigenvalue weighted by Crippen LogP contribution is -2.20. The van der Waals surface area contributed by atoms with Crippen molar-refractivity contribution in [2.75, 3.05) is 10.6 Å². The Bertz CT molecular complexity index is 696. The van der Waals surface area contributed by atoms with Gasteiger partial charge in [-0.15, -0.1) is 11.8 Å². The van der Waals surface area contributed by atoms with Crippen LogP contribution in [0, 0.1) is 13.8 Å². The molecule has 0 saturated heterocycles. The summed E-state index contributed by atoms with van der Waals surface area (Å²) in [4.78, 5) is 13.2. The van der Waals surface area contributed by atoms with Crippen molar-refractivity contribution in [1.82, 2.24) is 0 Å². The molecule has 2 amide bonds. The molecule has 0 fully saturated rings. The topological polar surface area (TPSA) is 41.1 Å². The molecule has 0 atom stereocenters. The lowest BCUT2D eigenvalue weighted by molar-refractivity contribution is 0.262. The monoisotopic (exact) mass is 348 g/mol. The first kappa shape index (κ1) is 17.7. The molecule has 5 heteroatoms. The normalized spacial score (nSPS) is 10.7. The molecule has 0 aliphatic carbocycles. The number of halogens is 1. The predicted octanol–water partition coefficient (Wildman–Crippen LogP) is 6.10. The number of nitrogens with one attached hydrogen (secondary N) is 2. The van der Waals surface area contributed by atoms with Gasteiger partial charge in [-0.25, -0.2) is 4.79 Å². The lowest BCUT2D eigenvalue weighted by atomic mass is 10.1. The molecule has 2 N–H and O–H groups in total. The van der Waals surface area contributed by atoms with Gasteiger partial charge in [0.1, 0.15) is 0 Å². The van der Waals surface area contributed by atoms with Crippen molar-refractivity contribution < 1.29 is 4.79 Å². The average molecular weight is 349 g/mol. The highest BCUT2D eigenvalue weighted by molar-refractivity contribution is 8.00. The van der Waals surface area contributed by atoms with Gasteiger partial charge in [0.15, 0.2) is 0 Å². The maximum atomic E-state index is 12.3. The zero-order valence-corrected chi connectivity index (χ0v) is 15.3. The van der Waals surface area contributed by atoms with Crippen molar-refractivity contribution in [1.29, 1.82) is 0 Å². The van der Waals surface area contributed by atoms with Gasteiger partial charge in [0.05, 0.1) is 10.7 Å². The summed E-state index contributed by atoms with van der Waals surface area (Å²) in [5, 5.41) is 6.78. The van der Waals surface area contributed by atoms with Crippen LogP contribution >= 0.6 is 23.4 Å². The maximum Gasteiger partial charge on any atom is 0.323 e. The van der Waals surface area contributed by atoms with Crippen LogP contribution in [0.3, 0.4) is 0 Å². The van der Waals surface area contributed by atoms with Crippen LogP contribution in [0.25, 0.3) is 0 Å². The highest BCUT2D eigenvalue weighted by atomic mass is 35.5. The summed E-state index contributed by atoms with van der Waals surface area (Å²) in [7, 11) is 0. The molecule has 2 aromatic carbocycles. The van der Waals surface area contributed by atoms with Crippen molar-refractivity contribution in [3.8, 4) is 0 Å². The molecule has 2 rings (SSSR count). The van der Waals surface area contributed by atoms with Crippen LogP contribution in [-0.2, 0) is 0 Å². The van der Waals surface area contributed by atoms with Crippen molar-refractivity contribution >= 4 is 40.8 Å². The molecule has 0 spiro atoms. The Morgan fingerprint density at radius 1 is 1.09 bits per heavy atom. The van der Waals surface area contributed by atoms with Crippen LogP contribution in [0.1, 0.15) is 25.0 Å². The molecule has 23 heavy (non-hydrogen) atoms. The number of benzene rings is 2. The largest absolute Gasteiger partial charge is 0.323 e. The summed E-state index contributed by atoms with van der Waals surface area (Å²) in [5.41, 5.74) is 3.72. The van der Waals surface area contributed by atoms with Crippen LogP contribution in [0.4, 0.5) is 16.2 Å². The predicted molar refractivity (Wildman–Crippen MR) is 101 cm³/mol. The molecule has 2 aromatic rings. The molecule has 0 aromatic heterocycles. The van der Waals surface area contributed by atoms with E-state index in [9.17, 15) is 4.79 Å². The van der Waals surface area contributed by atoms with Crippen LogP contribution in [0.2, 0.25) is 5.02 Å². The van der Waals surface area contributed by atoms with Crippen LogP contribution < -0.4 is 10.6 Å². The van der Waals surface area contributed by atoms with Crippen molar-refractivity contribution in [2.24, 2.45) is 0 Å². The second-order valence-electron chi connectivity index (χ2n) is 5.74. The van der Waals surface area contributed by atoms with Gasteiger partial charge in [-0.3, -0.25) is 0 Å². The van der Waals surface area contributed by atoms with Gasteiger partial charge in [0.2, 0.25) is 0 Å². The smallest absolute Gasteiger partial charge is 0.308 e. The number of hydrogen-bond acceptors (Lipinski definition) is 2. The van der Waals surface area contributed by atoms with E-state index in [1.54, 1.807) is 11.8 Å². The lowest BCUT2D eigenvalue weighted by Gasteiger charge is -2.15. The Morgan fingerprint density at radius 2 is 1.74 bits per heavy atom. The molecule has 122 valence electrons. The Hall–Kier alpha value is -1.65. The molecule has 0 aliphatic heterocycles. The van der Waals surface area contributed by atoms with E-state index in [1.165, 1.54) is 0 Å². The van der Waals surface area contributed by atoms with E-state index in [1.807, 2.05) is 44.2 Å². The Labute approximate surface area is 146 Å². The van der Waals surface area contributed by atoms with Gasteiger partial charge in [-0.2, -0.15) is 0 Å². The van der Waals surface area contributed by atoms with E-state index in [-0.39, 0.29) is 6.03 Å². The standard InChI is InChI=1S/C18H21ClN2OS/c1-11(2)23-17-15(19)6-5-7-16(17)21-18(22)20-14-9-12(3)8-13(4)10-14/h5-11H,1-4H3,(H2,20,21,22). The fraction of sp³-hybridized carbons (Fsp3) is 0.278. The third-order valence-corrected chi connectivity index (χ3v) is 4.62. The second-order valence-corrected chi connectivity index (χ2v) is 7.73. The number of thioether (sulfide) groups is 1. The zero-order chi connectivity index (χ0) is 17.0. The SMILES string of the molecule is Cc1cc(C)cc(NC(=O)Nc2cccc(Cl)c2SC(C)C)c1. The molecular weight excluding hydrogens is 328 g/mol. The molecule has 3 nitrogen and oxygen atoms in total. The summed E-state index contributed by atoms with van der Waals surface area (Å²) in [6, 6.07) is 11.2. The zero-order valence-electron chi connectivity index (χ0n) is 13.7. The highest BCUT2D eigenvalue weighted by Crippen LogP contribution is 2.36.